The van der Waals surface area contributed by atoms with Gasteiger partial charge in [-0.3, -0.25) is 9.59 Å². The highest BCUT2D eigenvalue weighted by molar-refractivity contribution is 6.47. The van der Waals surface area contributed by atoms with Crippen molar-refractivity contribution >= 4 is 29.1 Å². The fraction of sp³-hybridized carbons (Fsp3) is 0.241. The lowest BCUT2D eigenvalue weighted by Crippen LogP contribution is -2.33. The number of ketones is 1. The summed E-state index contributed by atoms with van der Waals surface area (Å²) in [5.74, 6) is -0.309. The lowest BCUT2D eigenvalue weighted by Gasteiger charge is -2.26. The third kappa shape index (κ3) is 5.79. The topological polar surface area (TPSA) is 85.3 Å². The van der Waals surface area contributed by atoms with Crippen LogP contribution in [-0.4, -0.2) is 48.1 Å². The first kappa shape index (κ1) is 26.3. The molecular weight excluding hydrogens is 494 g/mol. The van der Waals surface area contributed by atoms with Crippen LogP contribution in [0.4, 0.5) is 0 Å². The second kappa shape index (κ2) is 11.5. The Balaban J connectivity index is 1.81. The normalized spacial score (nSPS) is 16.9. The maximum atomic E-state index is 13.3. The molecule has 0 aromatic heterocycles. The molecule has 1 aliphatic rings. The molecule has 3 aromatic rings. The summed E-state index contributed by atoms with van der Waals surface area (Å²) in [5, 5.41) is 11.6. The first-order chi connectivity index (χ1) is 17.8. The number of ether oxygens (including phenoxy) is 3. The highest BCUT2D eigenvalue weighted by Gasteiger charge is 2.46. The SMILES string of the molecule is COc1ccc(Cl)c(/C(O)=C2\C(=O)C(=O)N(CCOC(C)C)C2c2cccc(Oc3ccccc3)c2)c1. The predicted molar refractivity (Wildman–Crippen MR) is 141 cm³/mol. The summed E-state index contributed by atoms with van der Waals surface area (Å²) in [6.45, 7) is 4.16. The zero-order valence-corrected chi connectivity index (χ0v) is 21.6. The number of methoxy groups -OCH3 is 1. The first-order valence-corrected chi connectivity index (χ1v) is 12.2. The van der Waals surface area contributed by atoms with Crippen LogP contribution in [0.5, 0.6) is 17.2 Å². The Morgan fingerprint density at radius 1 is 0.973 bits per heavy atom. The van der Waals surface area contributed by atoms with Gasteiger partial charge in [0, 0.05) is 12.1 Å². The predicted octanol–water partition coefficient (Wildman–Crippen LogP) is 5.99. The summed E-state index contributed by atoms with van der Waals surface area (Å²) in [7, 11) is 1.49. The lowest BCUT2D eigenvalue weighted by molar-refractivity contribution is -0.140. The molecular formula is C29H28ClNO6. The van der Waals surface area contributed by atoms with Gasteiger partial charge in [-0.05, 0) is 61.9 Å². The van der Waals surface area contributed by atoms with Gasteiger partial charge in [-0.2, -0.15) is 0 Å². The second-order valence-electron chi connectivity index (χ2n) is 8.75. The third-order valence-corrected chi connectivity index (χ3v) is 6.23. The molecule has 37 heavy (non-hydrogen) atoms. The van der Waals surface area contributed by atoms with E-state index in [1.807, 2.05) is 44.2 Å². The van der Waals surface area contributed by atoms with Crippen molar-refractivity contribution in [2.45, 2.75) is 26.0 Å². The van der Waals surface area contributed by atoms with Crippen molar-refractivity contribution in [1.29, 1.82) is 0 Å². The Morgan fingerprint density at radius 2 is 1.70 bits per heavy atom. The second-order valence-corrected chi connectivity index (χ2v) is 9.15. The van der Waals surface area contributed by atoms with Crippen molar-refractivity contribution in [3.8, 4) is 17.2 Å². The number of hydrogen-bond acceptors (Lipinski definition) is 6. The highest BCUT2D eigenvalue weighted by Crippen LogP contribution is 2.42. The highest BCUT2D eigenvalue weighted by atomic mass is 35.5. The molecule has 1 atom stereocenters. The van der Waals surface area contributed by atoms with Crippen molar-refractivity contribution in [3.05, 3.63) is 94.5 Å². The number of aliphatic hydroxyl groups is 1. The van der Waals surface area contributed by atoms with Crippen LogP contribution in [0.25, 0.3) is 5.76 Å². The van der Waals surface area contributed by atoms with Crippen molar-refractivity contribution in [1.82, 2.24) is 4.90 Å². The molecule has 0 bridgehead atoms. The van der Waals surface area contributed by atoms with E-state index in [1.54, 1.807) is 36.4 Å². The minimum absolute atomic E-state index is 0.0477. The molecule has 1 heterocycles. The van der Waals surface area contributed by atoms with E-state index >= 15 is 0 Å². The molecule has 1 fully saturated rings. The molecule has 3 aromatic carbocycles. The standard InChI is InChI=1S/C29H28ClNO6/c1-18(2)36-15-14-31-26(19-8-7-11-22(16-19)37-20-9-5-4-6-10-20)25(28(33)29(31)34)27(32)23-17-21(35-3)12-13-24(23)30/h4-13,16-18,26,32H,14-15H2,1-3H3/b27-25+. The number of para-hydroxylation sites is 1. The van der Waals surface area contributed by atoms with Gasteiger partial charge >= 0.3 is 0 Å². The lowest BCUT2D eigenvalue weighted by atomic mass is 9.95. The molecule has 1 amide bonds. The minimum atomic E-state index is -0.877. The maximum absolute atomic E-state index is 13.3. The number of carbonyl (C=O) groups excluding carboxylic acids is 2. The Kier molecular flexibility index (Phi) is 8.16. The van der Waals surface area contributed by atoms with Gasteiger partial charge in [0.2, 0.25) is 0 Å². The molecule has 4 rings (SSSR count). The van der Waals surface area contributed by atoms with E-state index in [1.165, 1.54) is 18.1 Å². The number of likely N-dealkylation sites (tertiary alicyclic amines) is 1. The van der Waals surface area contributed by atoms with Crippen molar-refractivity contribution in [2.75, 3.05) is 20.3 Å². The van der Waals surface area contributed by atoms with Gasteiger partial charge in [-0.25, -0.2) is 0 Å². The Bertz CT molecular complexity index is 1320. The van der Waals surface area contributed by atoms with Crippen molar-refractivity contribution < 1.29 is 28.9 Å². The summed E-state index contributed by atoms with van der Waals surface area (Å²) in [6, 6.07) is 20.2. The first-order valence-electron chi connectivity index (χ1n) is 11.9. The summed E-state index contributed by atoms with van der Waals surface area (Å²) >= 11 is 6.38. The van der Waals surface area contributed by atoms with E-state index < -0.39 is 17.7 Å². The summed E-state index contributed by atoms with van der Waals surface area (Å²) in [6.07, 6.45) is -0.0477. The van der Waals surface area contributed by atoms with Gasteiger partial charge in [0.15, 0.2) is 0 Å². The van der Waals surface area contributed by atoms with E-state index in [0.29, 0.717) is 22.8 Å². The molecule has 1 saturated heterocycles. The minimum Gasteiger partial charge on any atom is -0.507 e. The number of carbonyl (C=O) groups is 2. The molecule has 0 saturated carbocycles. The fourth-order valence-electron chi connectivity index (χ4n) is 4.17. The molecule has 1 unspecified atom stereocenters. The van der Waals surface area contributed by atoms with Gasteiger partial charge < -0.3 is 24.2 Å². The number of benzene rings is 3. The average Bonchev–Trinajstić information content (AvgIpc) is 3.14. The molecule has 7 nitrogen and oxygen atoms in total. The van der Waals surface area contributed by atoms with Gasteiger partial charge in [-0.15, -0.1) is 0 Å². The number of Topliss-reactive ketones (excluding diaryl/α,β-unsaturated/α-hetero) is 1. The summed E-state index contributed by atoms with van der Waals surface area (Å²) in [4.78, 5) is 27.9. The van der Waals surface area contributed by atoms with Crippen LogP contribution in [-0.2, 0) is 14.3 Å². The van der Waals surface area contributed by atoms with Crippen LogP contribution in [0.15, 0.2) is 78.4 Å². The van der Waals surface area contributed by atoms with Crippen molar-refractivity contribution in [2.24, 2.45) is 0 Å². The van der Waals surface area contributed by atoms with Gasteiger partial charge in [0.05, 0.1) is 36.5 Å². The molecule has 0 spiro atoms. The van der Waals surface area contributed by atoms with E-state index in [9.17, 15) is 14.7 Å². The zero-order chi connectivity index (χ0) is 26.5. The van der Waals surface area contributed by atoms with E-state index in [-0.39, 0.29) is 41.2 Å². The van der Waals surface area contributed by atoms with Crippen LogP contribution in [0.1, 0.15) is 31.0 Å². The smallest absolute Gasteiger partial charge is 0.295 e. The molecule has 192 valence electrons. The van der Waals surface area contributed by atoms with Gasteiger partial charge in [-0.1, -0.05) is 41.9 Å². The quantitative estimate of drug-likeness (QED) is 0.211. The third-order valence-electron chi connectivity index (χ3n) is 5.90. The van der Waals surface area contributed by atoms with Gasteiger partial charge in [0.25, 0.3) is 11.7 Å². The average molecular weight is 522 g/mol. The van der Waals surface area contributed by atoms with Crippen LogP contribution < -0.4 is 9.47 Å². The number of halogens is 1. The fourth-order valence-corrected chi connectivity index (χ4v) is 4.38. The number of rotatable bonds is 9. The number of hydrogen-bond donors (Lipinski definition) is 1. The van der Waals surface area contributed by atoms with E-state index in [2.05, 4.69) is 0 Å². The van der Waals surface area contributed by atoms with Crippen LogP contribution >= 0.6 is 11.6 Å². The Labute approximate surface area is 220 Å². The Hall–Kier alpha value is -3.81. The largest absolute Gasteiger partial charge is 0.507 e. The van der Waals surface area contributed by atoms with Crippen molar-refractivity contribution in [3.63, 3.8) is 0 Å². The van der Waals surface area contributed by atoms with E-state index in [0.717, 1.165) is 0 Å². The maximum Gasteiger partial charge on any atom is 0.295 e. The number of aliphatic hydroxyl groups excluding tert-OH is 1. The summed E-state index contributed by atoms with van der Waals surface area (Å²) < 4.78 is 16.9. The van der Waals surface area contributed by atoms with E-state index in [4.69, 9.17) is 25.8 Å². The Morgan fingerprint density at radius 3 is 2.41 bits per heavy atom. The van der Waals surface area contributed by atoms with Crippen LogP contribution in [0.2, 0.25) is 5.02 Å². The molecule has 1 N–H and O–H groups in total. The van der Waals surface area contributed by atoms with Gasteiger partial charge in [0.1, 0.15) is 23.0 Å². The monoisotopic (exact) mass is 521 g/mol. The molecule has 0 radical (unpaired) electrons. The molecule has 1 aliphatic heterocycles. The molecule has 8 heteroatoms. The number of amides is 1. The molecule has 0 aliphatic carbocycles. The zero-order valence-electron chi connectivity index (χ0n) is 20.8. The van der Waals surface area contributed by atoms with Crippen LogP contribution in [0.3, 0.4) is 0 Å². The summed E-state index contributed by atoms with van der Waals surface area (Å²) in [5.41, 5.74) is 0.721. The van der Waals surface area contributed by atoms with Crippen LogP contribution in [0, 0.1) is 0 Å². The number of nitrogens with zero attached hydrogens (tertiary/aromatic N) is 1.